The summed E-state index contributed by atoms with van der Waals surface area (Å²) in [7, 11) is 1.99. The maximum Gasteiger partial charge on any atom is 0.194 e. The fourth-order valence-electron chi connectivity index (χ4n) is 3.19. The fourth-order valence-corrected chi connectivity index (χ4v) is 3.63. The normalized spacial score (nSPS) is 14.4. The summed E-state index contributed by atoms with van der Waals surface area (Å²) in [6, 6.07) is 10.6. The first kappa shape index (κ1) is 23.7. The number of benzene rings is 1. The van der Waals surface area contributed by atoms with Gasteiger partial charge in [0, 0.05) is 26.7 Å². The Morgan fingerprint density at radius 1 is 1.24 bits per heavy atom. The topological polar surface area (TPSA) is 58.3 Å². The highest BCUT2D eigenvalue weighted by Gasteiger charge is 2.17. The molecule has 1 aromatic carbocycles. The van der Waals surface area contributed by atoms with E-state index in [0.717, 1.165) is 55.8 Å². The zero-order chi connectivity index (χ0) is 19.8. The van der Waals surface area contributed by atoms with Crippen LogP contribution in [0.5, 0.6) is 0 Å². The number of hydrogen-bond acceptors (Lipinski definition) is 4. The minimum atomic E-state index is 0. The van der Waals surface area contributed by atoms with Gasteiger partial charge in [-0.05, 0) is 42.9 Å². The molecule has 6 nitrogen and oxygen atoms in total. The molecule has 0 atom stereocenters. The second-order valence-corrected chi connectivity index (χ2v) is 7.91. The molecule has 3 rings (SSSR count). The molecule has 158 valence electrons. The van der Waals surface area contributed by atoms with E-state index < -0.39 is 0 Å². The summed E-state index contributed by atoms with van der Waals surface area (Å²) in [6.45, 7) is 5.27. The maximum absolute atomic E-state index is 4.86. The van der Waals surface area contributed by atoms with Gasteiger partial charge in [0.25, 0.3) is 0 Å². The first-order valence-corrected chi connectivity index (χ1v) is 11.2. The zero-order valence-corrected chi connectivity index (χ0v) is 20.6. The quantitative estimate of drug-likeness (QED) is 0.258. The SMILES string of the molecule is CSCCCNC(=NCc1nnc(C)n1C)N1CC=C(c2ccccc2)CC1.I. The van der Waals surface area contributed by atoms with Gasteiger partial charge >= 0.3 is 0 Å². The Balaban J connectivity index is 0.00000300. The molecule has 0 bridgehead atoms. The van der Waals surface area contributed by atoms with Crippen molar-refractivity contribution >= 4 is 47.3 Å². The third kappa shape index (κ3) is 6.74. The standard InChI is InChI=1S/C21H30N6S.HI/c1-17-24-25-20(26(17)2)16-23-21(22-12-7-15-28-3)27-13-10-19(11-14-27)18-8-5-4-6-9-18;/h4-6,8-10H,7,11-16H2,1-3H3,(H,22,23);1H. The van der Waals surface area contributed by atoms with Crippen LogP contribution in [0.1, 0.15) is 30.1 Å². The number of guanidine groups is 1. The van der Waals surface area contributed by atoms with Crippen molar-refractivity contribution in [3.63, 3.8) is 0 Å². The van der Waals surface area contributed by atoms with E-state index >= 15 is 0 Å². The van der Waals surface area contributed by atoms with E-state index in [1.165, 1.54) is 11.1 Å². The average Bonchev–Trinajstić information content (AvgIpc) is 3.06. The predicted molar refractivity (Wildman–Crippen MR) is 134 cm³/mol. The molecular formula is C21H31IN6S. The van der Waals surface area contributed by atoms with Crippen molar-refractivity contribution in [3.8, 4) is 0 Å². The molecule has 0 saturated carbocycles. The highest BCUT2D eigenvalue weighted by Crippen LogP contribution is 2.22. The molecule has 0 saturated heterocycles. The largest absolute Gasteiger partial charge is 0.356 e. The van der Waals surface area contributed by atoms with Crippen LogP contribution in [0.15, 0.2) is 41.4 Å². The highest BCUT2D eigenvalue weighted by molar-refractivity contribution is 14.0. The fraction of sp³-hybridized carbons (Fsp3) is 0.476. The van der Waals surface area contributed by atoms with E-state index in [0.29, 0.717) is 6.54 Å². The lowest BCUT2D eigenvalue weighted by atomic mass is 10.00. The van der Waals surface area contributed by atoms with E-state index in [-0.39, 0.29) is 24.0 Å². The number of nitrogens with one attached hydrogen (secondary N) is 1. The van der Waals surface area contributed by atoms with Crippen molar-refractivity contribution in [3.05, 3.63) is 53.6 Å². The minimum Gasteiger partial charge on any atom is -0.356 e. The summed E-state index contributed by atoms with van der Waals surface area (Å²) in [5.41, 5.74) is 2.74. The van der Waals surface area contributed by atoms with Crippen molar-refractivity contribution in [2.24, 2.45) is 12.0 Å². The van der Waals surface area contributed by atoms with Crippen LogP contribution in [-0.2, 0) is 13.6 Å². The van der Waals surface area contributed by atoms with Gasteiger partial charge in [-0.25, -0.2) is 4.99 Å². The zero-order valence-electron chi connectivity index (χ0n) is 17.5. The number of halogens is 1. The first-order chi connectivity index (χ1) is 13.7. The van der Waals surface area contributed by atoms with Crippen LogP contribution < -0.4 is 5.32 Å². The summed E-state index contributed by atoms with van der Waals surface area (Å²) in [5, 5.41) is 11.9. The van der Waals surface area contributed by atoms with Crippen LogP contribution in [0.4, 0.5) is 0 Å². The smallest absolute Gasteiger partial charge is 0.194 e. The van der Waals surface area contributed by atoms with Gasteiger partial charge in [0.2, 0.25) is 0 Å². The summed E-state index contributed by atoms with van der Waals surface area (Å²) < 4.78 is 2.00. The Kier molecular flexibility index (Phi) is 9.99. The number of aromatic nitrogens is 3. The molecule has 0 unspecified atom stereocenters. The lowest BCUT2D eigenvalue weighted by molar-refractivity contribution is 0.438. The first-order valence-electron chi connectivity index (χ1n) is 9.80. The summed E-state index contributed by atoms with van der Waals surface area (Å²) >= 11 is 1.88. The van der Waals surface area contributed by atoms with Gasteiger partial charge in [0.05, 0.1) is 0 Å². The Morgan fingerprint density at radius 2 is 2.03 bits per heavy atom. The Morgan fingerprint density at radius 3 is 2.66 bits per heavy atom. The maximum atomic E-state index is 4.86. The summed E-state index contributed by atoms with van der Waals surface area (Å²) in [5.74, 6) is 3.91. The van der Waals surface area contributed by atoms with Gasteiger partial charge in [0.15, 0.2) is 11.8 Å². The van der Waals surface area contributed by atoms with Crippen LogP contribution in [-0.4, -0.2) is 57.3 Å². The molecule has 0 amide bonds. The van der Waals surface area contributed by atoms with Crippen LogP contribution in [0, 0.1) is 6.92 Å². The van der Waals surface area contributed by atoms with Gasteiger partial charge in [-0.15, -0.1) is 34.2 Å². The third-order valence-electron chi connectivity index (χ3n) is 5.01. The van der Waals surface area contributed by atoms with E-state index in [1.54, 1.807) is 0 Å². The van der Waals surface area contributed by atoms with E-state index in [9.17, 15) is 0 Å². The Bertz CT molecular complexity index is 818. The molecule has 0 aliphatic carbocycles. The molecule has 0 radical (unpaired) electrons. The monoisotopic (exact) mass is 526 g/mol. The number of nitrogens with zero attached hydrogens (tertiary/aromatic N) is 5. The van der Waals surface area contributed by atoms with E-state index in [1.807, 2.05) is 30.3 Å². The van der Waals surface area contributed by atoms with Crippen molar-refractivity contribution in [1.29, 1.82) is 0 Å². The molecule has 0 fully saturated rings. The number of rotatable bonds is 7. The molecule has 0 spiro atoms. The van der Waals surface area contributed by atoms with E-state index in [4.69, 9.17) is 4.99 Å². The number of aryl methyl sites for hydroxylation is 1. The van der Waals surface area contributed by atoms with E-state index in [2.05, 4.69) is 63.1 Å². The molecule has 8 heteroatoms. The highest BCUT2D eigenvalue weighted by atomic mass is 127. The van der Waals surface area contributed by atoms with Crippen molar-refractivity contribution in [2.75, 3.05) is 31.6 Å². The molecule has 1 aliphatic rings. The molecular weight excluding hydrogens is 495 g/mol. The molecule has 1 aliphatic heterocycles. The molecule has 1 N–H and O–H groups in total. The van der Waals surface area contributed by atoms with Crippen molar-refractivity contribution in [1.82, 2.24) is 25.0 Å². The summed E-state index contributed by atoms with van der Waals surface area (Å²) in [6.07, 6.45) is 6.62. The number of hydrogen-bond donors (Lipinski definition) is 1. The van der Waals surface area contributed by atoms with Gasteiger partial charge in [-0.2, -0.15) is 11.8 Å². The molecule has 2 heterocycles. The lowest BCUT2D eigenvalue weighted by Crippen LogP contribution is -2.44. The van der Waals surface area contributed by atoms with Gasteiger partial charge in [-0.1, -0.05) is 36.4 Å². The van der Waals surface area contributed by atoms with Crippen molar-refractivity contribution < 1.29 is 0 Å². The summed E-state index contributed by atoms with van der Waals surface area (Å²) in [4.78, 5) is 7.19. The third-order valence-corrected chi connectivity index (χ3v) is 5.71. The van der Waals surface area contributed by atoms with Gasteiger partial charge < -0.3 is 14.8 Å². The van der Waals surface area contributed by atoms with Crippen LogP contribution >= 0.6 is 35.7 Å². The number of thioether (sulfide) groups is 1. The second kappa shape index (κ2) is 12.2. The van der Waals surface area contributed by atoms with Gasteiger partial charge in [-0.3, -0.25) is 0 Å². The van der Waals surface area contributed by atoms with Crippen LogP contribution in [0.2, 0.25) is 0 Å². The van der Waals surface area contributed by atoms with Crippen molar-refractivity contribution in [2.45, 2.75) is 26.3 Å². The average molecular weight is 526 g/mol. The predicted octanol–water partition coefficient (Wildman–Crippen LogP) is 3.73. The molecule has 29 heavy (non-hydrogen) atoms. The molecule has 2 aromatic rings. The molecule has 1 aromatic heterocycles. The Hall–Kier alpha value is -1.55. The minimum absolute atomic E-state index is 0. The second-order valence-electron chi connectivity index (χ2n) is 6.93. The van der Waals surface area contributed by atoms with Crippen LogP contribution in [0.25, 0.3) is 5.57 Å². The lowest BCUT2D eigenvalue weighted by Gasteiger charge is -2.30. The number of aliphatic imine (C=N–C) groups is 1. The Labute approximate surface area is 195 Å². The van der Waals surface area contributed by atoms with Crippen LogP contribution in [0.3, 0.4) is 0 Å². The van der Waals surface area contributed by atoms with Gasteiger partial charge in [0.1, 0.15) is 12.4 Å².